The molecule has 1 fully saturated rings. The molecule has 1 nitrogen and oxygen atoms in total. The van der Waals surface area contributed by atoms with E-state index in [1.807, 2.05) is 6.92 Å². The van der Waals surface area contributed by atoms with Crippen molar-refractivity contribution in [2.45, 2.75) is 52.1 Å². The highest BCUT2D eigenvalue weighted by Crippen LogP contribution is 2.32. The molecule has 1 saturated carbocycles. The molecule has 0 aromatic rings. The van der Waals surface area contributed by atoms with Gasteiger partial charge in [-0.15, -0.1) is 0 Å². The Kier molecular flexibility index (Phi) is 3.38. The van der Waals surface area contributed by atoms with Crippen LogP contribution in [-0.2, 0) is 0 Å². The van der Waals surface area contributed by atoms with E-state index < -0.39 is 0 Å². The van der Waals surface area contributed by atoms with Gasteiger partial charge in [-0.2, -0.15) is 0 Å². The van der Waals surface area contributed by atoms with E-state index in [9.17, 15) is 5.11 Å². The summed E-state index contributed by atoms with van der Waals surface area (Å²) in [6.45, 7) is 4.20. The van der Waals surface area contributed by atoms with Gasteiger partial charge in [-0.25, -0.2) is 0 Å². The molecule has 0 aromatic carbocycles. The van der Waals surface area contributed by atoms with E-state index in [1.165, 1.54) is 32.1 Å². The fourth-order valence-electron chi connectivity index (χ4n) is 2.08. The largest absolute Gasteiger partial charge is 0.393 e. The van der Waals surface area contributed by atoms with Gasteiger partial charge in [0.25, 0.3) is 0 Å². The van der Waals surface area contributed by atoms with Crippen LogP contribution in [0.3, 0.4) is 0 Å². The van der Waals surface area contributed by atoms with Gasteiger partial charge in [0.2, 0.25) is 0 Å². The Morgan fingerprint density at radius 3 is 2.18 bits per heavy atom. The molecule has 1 aliphatic rings. The molecule has 1 unspecified atom stereocenters. The summed E-state index contributed by atoms with van der Waals surface area (Å²) in [5, 5.41) is 9.34. The molecule has 1 heteroatoms. The summed E-state index contributed by atoms with van der Waals surface area (Å²) in [6, 6.07) is 0. The van der Waals surface area contributed by atoms with E-state index >= 15 is 0 Å². The fraction of sp³-hybridized carbons (Fsp3) is 1.00. The van der Waals surface area contributed by atoms with Crippen LogP contribution in [0.25, 0.3) is 0 Å². The number of aliphatic hydroxyl groups excluding tert-OH is 1. The molecule has 1 atom stereocenters. The van der Waals surface area contributed by atoms with Crippen LogP contribution in [0.5, 0.6) is 0 Å². The molecular formula is C10H20O. The topological polar surface area (TPSA) is 20.2 Å². The molecule has 0 saturated heterocycles. The van der Waals surface area contributed by atoms with Crippen LogP contribution in [0, 0.1) is 11.8 Å². The molecule has 0 radical (unpaired) electrons. The molecule has 0 bridgehead atoms. The molecule has 1 rings (SSSR count). The van der Waals surface area contributed by atoms with Crippen molar-refractivity contribution in [2.24, 2.45) is 11.8 Å². The van der Waals surface area contributed by atoms with Gasteiger partial charge in [0.05, 0.1) is 6.10 Å². The van der Waals surface area contributed by atoms with Crippen LogP contribution in [0.4, 0.5) is 0 Å². The molecule has 66 valence electrons. The summed E-state index contributed by atoms with van der Waals surface area (Å²) in [6.07, 6.45) is 6.42. The van der Waals surface area contributed by atoms with E-state index in [0.717, 1.165) is 5.92 Å². The van der Waals surface area contributed by atoms with Gasteiger partial charge in [0.15, 0.2) is 0 Å². The van der Waals surface area contributed by atoms with Crippen LogP contribution in [-0.4, -0.2) is 11.2 Å². The maximum atomic E-state index is 9.34. The quantitative estimate of drug-likeness (QED) is 0.651. The highest BCUT2D eigenvalue weighted by molar-refractivity contribution is 4.74. The van der Waals surface area contributed by atoms with Gasteiger partial charge in [0.1, 0.15) is 0 Å². The minimum absolute atomic E-state index is 0.0761. The lowest BCUT2D eigenvalue weighted by Gasteiger charge is -2.29. The van der Waals surface area contributed by atoms with Crippen molar-refractivity contribution in [3.05, 3.63) is 0 Å². The zero-order chi connectivity index (χ0) is 8.27. The van der Waals surface area contributed by atoms with Crippen molar-refractivity contribution < 1.29 is 5.11 Å². The Bertz CT molecular complexity index is 101. The Morgan fingerprint density at radius 2 is 1.82 bits per heavy atom. The SMILES string of the molecule is CC[C@H]1CC[C@H](C(C)O)CC1. The third-order valence-electron chi connectivity index (χ3n) is 3.15. The van der Waals surface area contributed by atoms with Gasteiger partial charge in [0, 0.05) is 0 Å². The number of hydrogen-bond donors (Lipinski definition) is 1. The van der Waals surface area contributed by atoms with E-state index in [2.05, 4.69) is 6.92 Å². The highest BCUT2D eigenvalue weighted by atomic mass is 16.3. The molecule has 0 amide bonds. The summed E-state index contributed by atoms with van der Waals surface area (Å²) in [7, 11) is 0. The molecule has 0 spiro atoms. The first-order valence-electron chi connectivity index (χ1n) is 4.92. The monoisotopic (exact) mass is 156 g/mol. The molecule has 1 N–H and O–H groups in total. The summed E-state index contributed by atoms with van der Waals surface area (Å²) in [5.41, 5.74) is 0. The molecule has 11 heavy (non-hydrogen) atoms. The second-order valence-electron chi connectivity index (χ2n) is 3.93. The maximum Gasteiger partial charge on any atom is 0.0540 e. The second kappa shape index (κ2) is 4.10. The lowest BCUT2D eigenvalue weighted by Crippen LogP contribution is -2.22. The van der Waals surface area contributed by atoms with Crippen LogP contribution >= 0.6 is 0 Å². The number of hydrogen-bond acceptors (Lipinski definition) is 1. The Labute approximate surface area is 69.8 Å². The predicted molar refractivity (Wildman–Crippen MR) is 47.4 cm³/mol. The molecule has 0 aromatic heterocycles. The zero-order valence-electron chi connectivity index (χ0n) is 7.71. The van der Waals surface area contributed by atoms with Gasteiger partial charge >= 0.3 is 0 Å². The first-order valence-corrected chi connectivity index (χ1v) is 4.92. The van der Waals surface area contributed by atoms with Crippen molar-refractivity contribution >= 4 is 0 Å². The van der Waals surface area contributed by atoms with Gasteiger partial charge in [-0.05, 0) is 31.6 Å². The van der Waals surface area contributed by atoms with E-state index in [4.69, 9.17) is 0 Å². The van der Waals surface area contributed by atoms with E-state index in [-0.39, 0.29) is 6.10 Å². The standard InChI is InChI=1S/C10H20O/c1-3-9-4-6-10(7-5-9)8(2)11/h8-11H,3-7H2,1-2H3/t8?,9-,10-. The number of aliphatic hydroxyl groups is 1. The minimum Gasteiger partial charge on any atom is -0.393 e. The van der Waals surface area contributed by atoms with Crippen LogP contribution in [0.2, 0.25) is 0 Å². The summed E-state index contributed by atoms with van der Waals surface area (Å²) < 4.78 is 0. The van der Waals surface area contributed by atoms with E-state index in [1.54, 1.807) is 0 Å². The maximum absolute atomic E-state index is 9.34. The van der Waals surface area contributed by atoms with Crippen molar-refractivity contribution in [3.8, 4) is 0 Å². The average molecular weight is 156 g/mol. The normalized spacial score (nSPS) is 35.2. The summed E-state index contributed by atoms with van der Waals surface area (Å²) in [4.78, 5) is 0. The smallest absolute Gasteiger partial charge is 0.0540 e. The lowest BCUT2D eigenvalue weighted by molar-refractivity contribution is 0.0880. The molecule has 0 aliphatic heterocycles. The minimum atomic E-state index is -0.0761. The Balaban J connectivity index is 2.24. The third kappa shape index (κ3) is 2.48. The third-order valence-corrected chi connectivity index (χ3v) is 3.15. The summed E-state index contributed by atoms with van der Waals surface area (Å²) >= 11 is 0. The first kappa shape index (κ1) is 9.05. The van der Waals surface area contributed by atoms with Crippen LogP contribution < -0.4 is 0 Å². The molecular weight excluding hydrogens is 136 g/mol. The lowest BCUT2D eigenvalue weighted by atomic mass is 9.79. The van der Waals surface area contributed by atoms with Crippen molar-refractivity contribution in [2.75, 3.05) is 0 Å². The van der Waals surface area contributed by atoms with Gasteiger partial charge in [-0.3, -0.25) is 0 Å². The van der Waals surface area contributed by atoms with Gasteiger partial charge in [-0.1, -0.05) is 26.2 Å². The molecule has 1 aliphatic carbocycles. The Hall–Kier alpha value is -0.0400. The van der Waals surface area contributed by atoms with Crippen molar-refractivity contribution in [1.82, 2.24) is 0 Å². The van der Waals surface area contributed by atoms with Crippen molar-refractivity contribution in [1.29, 1.82) is 0 Å². The highest BCUT2D eigenvalue weighted by Gasteiger charge is 2.22. The van der Waals surface area contributed by atoms with Gasteiger partial charge < -0.3 is 5.11 Å². The molecule has 0 heterocycles. The fourth-order valence-corrected chi connectivity index (χ4v) is 2.08. The Morgan fingerprint density at radius 1 is 1.27 bits per heavy atom. The first-order chi connectivity index (χ1) is 5.24. The summed E-state index contributed by atoms with van der Waals surface area (Å²) in [5.74, 6) is 1.54. The van der Waals surface area contributed by atoms with Crippen LogP contribution in [0.15, 0.2) is 0 Å². The average Bonchev–Trinajstić information content (AvgIpc) is 2.05. The van der Waals surface area contributed by atoms with E-state index in [0.29, 0.717) is 5.92 Å². The zero-order valence-corrected chi connectivity index (χ0v) is 7.71. The van der Waals surface area contributed by atoms with Crippen molar-refractivity contribution in [3.63, 3.8) is 0 Å². The second-order valence-corrected chi connectivity index (χ2v) is 3.93. The van der Waals surface area contributed by atoms with Crippen LogP contribution in [0.1, 0.15) is 46.0 Å². The number of rotatable bonds is 2. The predicted octanol–water partition coefficient (Wildman–Crippen LogP) is 2.58.